The van der Waals surface area contributed by atoms with Gasteiger partial charge < -0.3 is 16.0 Å². The Balaban J connectivity index is 1.81. The number of hydrogen-bond acceptors (Lipinski definition) is 2. The number of piperidine rings is 1. The average molecular weight is 303 g/mol. The molecule has 1 aliphatic heterocycles. The summed E-state index contributed by atoms with van der Waals surface area (Å²) < 4.78 is 0. The summed E-state index contributed by atoms with van der Waals surface area (Å²) in [7, 11) is 0. The van der Waals surface area contributed by atoms with Crippen LogP contribution in [0.5, 0.6) is 0 Å². The first-order chi connectivity index (χ1) is 10.5. The number of rotatable bonds is 4. The van der Waals surface area contributed by atoms with E-state index in [2.05, 4.69) is 48.9 Å². The van der Waals surface area contributed by atoms with Crippen LogP contribution < -0.4 is 16.0 Å². The number of hydrogen-bond donors (Lipinski definition) is 3. The molecule has 1 fully saturated rings. The van der Waals surface area contributed by atoms with E-state index in [-0.39, 0.29) is 11.9 Å². The van der Waals surface area contributed by atoms with E-state index in [9.17, 15) is 9.59 Å². The third-order valence-electron chi connectivity index (χ3n) is 4.09. The molecule has 1 atom stereocenters. The van der Waals surface area contributed by atoms with Crippen LogP contribution in [0.2, 0.25) is 0 Å². The van der Waals surface area contributed by atoms with Crippen LogP contribution in [0.1, 0.15) is 35.1 Å². The van der Waals surface area contributed by atoms with Gasteiger partial charge >= 0.3 is 6.03 Å². The SMILES string of the molecule is Cc1cc(C)c(CCNC(=O)N[C@@H]2CCCNC2=O)c(C)c1. The third kappa shape index (κ3) is 4.23. The molecule has 1 heterocycles. The van der Waals surface area contributed by atoms with E-state index in [1.807, 2.05) is 0 Å². The molecule has 5 nitrogen and oxygen atoms in total. The van der Waals surface area contributed by atoms with E-state index in [0.29, 0.717) is 19.5 Å². The van der Waals surface area contributed by atoms with Crippen LogP contribution in [-0.2, 0) is 11.2 Å². The van der Waals surface area contributed by atoms with Gasteiger partial charge in [0.2, 0.25) is 5.91 Å². The largest absolute Gasteiger partial charge is 0.354 e. The van der Waals surface area contributed by atoms with Crippen molar-refractivity contribution in [2.75, 3.05) is 13.1 Å². The van der Waals surface area contributed by atoms with Crippen LogP contribution in [0, 0.1) is 20.8 Å². The van der Waals surface area contributed by atoms with Gasteiger partial charge in [-0.05, 0) is 56.7 Å². The van der Waals surface area contributed by atoms with E-state index in [0.717, 1.165) is 12.8 Å². The molecule has 2 rings (SSSR count). The van der Waals surface area contributed by atoms with Gasteiger partial charge in [-0.2, -0.15) is 0 Å². The van der Waals surface area contributed by atoms with Crippen LogP contribution in [0.25, 0.3) is 0 Å². The van der Waals surface area contributed by atoms with Crippen LogP contribution >= 0.6 is 0 Å². The molecule has 0 saturated carbocycles. The Morgan fingerprint density at radius 1 is 1.27 bits per heavy atom. The number of amides is 3. The quantitative estimate of drug-likeness (QED) is 0.793. The lowest BCUT2D eigenvalue weighted by Gasteiger charge is -2.23. The zero-order valence-corrected chi connectivity index (χ0v) is 13.6. The van der Waals surface area contributed by atoms with Gasteiger partial charge in [-0.1, -0.05) is 17.7 Å². The third-order valence-corrected chi connectivity index (χ3v) is 4.09. The van der Waals surface area contributed by atoms with Crippen molar-refractivity contribution in [2.24, 2.45) is 0 Å². The Morgan fingerprint density at radius 3 is 2.59 bits per heavy atom. The zero-order chi connectivity index (χ0) is 16.1. The number of aryl methyl sites for hydroxylation is 3. The normalized spacial score (nSPS) is 17.8. The number of carbonyl (C=O) groups excluding carboxylic acids is 2. The monoisotopic (exact) mass is 303 g/mol. The van der Waals surface area contributed by atoms with E-state index in [4.69, 9.17) is 0 Å². The summed E-state index contributed by atoms with van der Waals surface area (Å²) in [5.41, 5.74) is 5.05. The van der Waals surface area contributed by atoms with Gasteiger partial charge in [0.15, 0.2) is 0 Å². The highest BCUT2D eigenvalue weighted by Crippen LogP contribution is 2.16. The van der Waals surface area contributed by atoms with E-state index in [1.54, 1.807) is 0 Å². The summed E-state index contributed by atoms with van der Waals surface area (Å²) >= 11 is 0. The summed E-state index contributed by atoms with van der Waals surface area (Å²) in [5, 5.41) is 8.33. The maximum Gasteiger partial charge on any atom is 0.315 e. The summed E-state index contributed by atoms with van der Waals surface area (Å²) in [6.07, 6.45) is 2.40. The number of urea groups is 1. The van der Waals surface area contributed by atoms with E-state index in [1.165, 1.54) is 22.3 Å². The molecule has 1 aromatic rings. The Hall–Kier alpha value is -2.04. The molecule has 0 radical (unpaired) electrons. The molecular formula is C17H25N3O2. The zero-order valence-electron chi connectivity index (χ0n) is 13.6. The van der Waals surface area contributed by atoms with Crippen molar-refractivity contribution in [3.8, 4) is 0 Å². The average Bonchev–Trinajstić information content (AvgIpc) is 2.44. The molecule has 3 amide bonds. The second-order valence-corrected chi connectivity index (χ2v) is 6.01. The molecule has 1 aliphatic rings. The minimum Gasteiger partial charge on any atom is -0.354 e. The van der Waals surface area contributed by atoms with E-state index >= 15 is 0 Å². The van der Waals surface area contributed by atoms with Crippen molar-refractivity contribution < 1.29 is 9.59 Å². The standard InChI is InChI=1S/C17H25N3O2/c1-11-9-12(2)14(13(3)10-11)6-8-19-17(22)20-15-5-4-7-18-16(15)21/h9-10,15H,4-8H2,1-3H3,(H,18,21)(H2,19,20,22)/t15-/m1/s1. The first-order valence-electron chi connectivity index (χ1n) is 7.86. The summed E-state index contributed by atoms with van der Waals surface area (Å²) in [6.45, 7) is 7.55. The molecule has 3 N–H and O–H groups in total. The van der Waals surface area contributed by atoms with Gasteiger partial charge in [0.05, 0.1) is 0 Å². The molecule has 0 bridgehead atoms. The smallest absolute Gasteiger partial charge is 0.315 e. The lowest BCUT2D eigenvalue weighted by molar-refractivity contribution is -0.124. The van der Waals surface area contributed by atoms with Crippen LogP contribution in [-0.4, -0.2) is 31.1 Å². The lowest BCUT2D eigenvalue weighted by Crippen LogP contribution is -2.52. The van der Waals surface area contributed by atoms with Crippen LogP contribution in [0.15, 0.2) is 12.1 Å². The second-order valence-electron chi connectivity index (χ2n) is 6.01. The van der Waals surface area contributed by atoms with Crippen molar-refractivity contribution >= 4 is 11.9 Å². The highest BCUT2D eigenvalue weighted by molar-refractivity contribution is 5.87. The minimum absolute atomic E-state index is 0.0911. The van der Waals surface area contributed by atoms with Crippen LogP contribution in [0.4, 0.5) is 4.79 Å². The van der Waals surface area contributed by atoms with Gasteiger partial charge in [-0.25, -0.2) is 4.79 Å². The Labute approximate surface area is 131 Å². The maximum atomic E-state index is 11.9. The van der Waals surface area contributed by atoms with Crippen molar-refractivity contribution in [2.45, 2.75) is 46.1 Å². The summed E-state index contributed by atoms with van der Waals surface area (Å²) in [5.74, 6) is -0.0911. The van der Waals surface area contributed by atoms with Crippen molar-refractivity contribution in [1.29, 1.82) is 0 Å². The van der Waals surface area contributed by atoms with Gasteiger partial charge in [-0.3, -0.25) is 4.79 Å². The Bertz CT molecular complexity index is 546. The first-order valence-corrected chi connectivity index (χ1v) is 7.86. The predicted molar refractivity (Wildman–Crippen MR) is 86.9 cm³/mol. The molecule has 22 heavy (non-hydrogen) atoms. The molecule has 0 unspecified atom stereocenters. The Kier molecular flexibility index (Phi) is 5.41. The van der Waals surface area contributed by atoms with Gasteiger partial charge in [0.25, 0.3) is 0 Å². The topological polar surface area (TPSA) is 70.2 Å². The molecule has 1 aromatic carbocycles. The fourth-order valence-electron chi connectivity index (χ4n) is 3.02. The highest BCUT2D eigenvalue weighted by atomic mass is 16.2. The number of carbonyl (C=O) groups is 2. The van der Waals surface area contributed by atoms with Crippen molar-refractivity contribution in [3.05, 3.63) is 34.4 Å². The summed E-state index contributed by atoms with van der Waals surface area (Å²) in [6, 6.07) is 3.64. The fourth-order valence-corrected chi connectivity index (χ4v) is 3.02. The molecule has 120 valence electrons. The molecule has 0 spiro atoms. The first kappa shape index (κ1) is 16.3. The highest BCUT2D eigenvalue weighted by Gasteiger charge is 2.23. The molecule has 0 aromatic heterocycles. The molecule has 5 heteroatoms. The maximum absolute atomic E-state index is 11.9. The van der Waals surface area contributed by atoms with Crippen molar-refractivity contribution in [3.63, 3.8) is 0 Å². The molecular weight excluding hydrogens is 278 g/mol. The van der Waals surface area contributed by atoms with Crippen LogP contribution in [0.3, 0.4) is 0 Å². The predicted octanol–water partition coefficient (Wildman–Crippen LogP) is 1.73. The van der Waals surface area contributed by atoms with Gasteiger partial charge in [0.1, 0.15) is 6.04 Å². The summed E-state index contributed by atoms with van der Waals surface area (Å²) in [4.78, 5) is 23.5. The fraction of sp³-hybridized carbons (Fsp3) is 0.529. The van der Waals surface area contributed by atoms with Crippen molar-refractivity contribution in [1.82, 2.24) is 16.0 Å². The van der Waals surface area contributed by atoms with Gasteiger partial charge in [-0.15, -0.1) is 0 Å². The van der Waals surface area contributed by atoms with Gasteiger partial charge in [0, 0.05) is 13.1 Å². The second kappa shape index (κ2) is 7.29. The Morgan fingerprint density at radius 2 is 1.95 bits per heavy atom. The molecule has 1 saturated heterocycles. The molecule has 0 aliphatic carbocycles. The van der Waals surface area contributed by atoms with E-state index < -0.39 is 6.04 Å². The number of nitrogens with one attached hydrogen (secondary N) is 3. The number of benzene rings is 1. The lowest BCUT2D eigenvalue weighted by atomic mass is 9.97. The minimum atomic E-state index is -0.406.